The lowest BCUT2D eigenvalue weighted by atomic mass is 9.99. The van der Waals surface area contributed by atoms with Gasteiger partial charge in [-0.3, -0.25) is 4.72 Å². The number of alkyl halides is 3. The predicted octanol–water partition coefficient (Wildman–Crippen LogP) is 4.33. The molecule has 0 saturated carbocycles. The molecule has 192 valence electrons. The van der Waals surface area contributed by atoms with Crippen LogP contribution in [0.25, 0.3) is 0 Å². The first-order valence-electron chi connectivity index (χ1n) is 10.0. The van der Waals surface area contributed by atoms with Crippen LogP contribution in [-0.2, 0) is 14.8 Å². The Hall–Kier alpha value is -3.42. The minimum Gasteiger partial charge on any atom is -0.478 e. The number of carboxylic acids is 2. The maximum absolute atomic E-state index is 14.0. The molecule has 1 fully saturated rings. The largest absolute Gasteiger partial charge is 0.490 e. The Bertz CT molecular complexity index is 1200. The molecule has 2 aromatic rings. The summed E-state index contributed by atoms with van der Waals surface area (Å²) in [5.74, 6) is -5.59. The van der Waals surface area contributed by atoms with Gasteiger partial charge in [0.15, 0.2) is 0 Å². The van der Waals surface area contributed by atoms with Crippen LogP contribution >= 0.6 is 0 Å². The summed E-state index contributed by atoms with van der Waals surface area (Å²) >= 11 is 0. The van der Waals surface area contributed by atoms with E-state index < -0.39 is 44.7 Å². The Labute approximate surface area is 197 Å². The molecule has 8 nitrogen and oxygen atoms in total. The standard InChI is InChI=1S/C19H20F2N2O4S.C2HF3O2/c1-12-3-2-8-23(11-12)17-7-4-13(19(24)25)9-16(17)22-28(26,27)18-10-14(20)5-6-15(18)21;3-2(4,5)1(6)7/h4-7,9-10,12,22H,2-3,8,11H2,1H3,(H,24,25);(H,6,7). The molecular weight excluding hydrogens is 503 g/mol. The molecule has 0 aliphatic carbocycles. The van der Waals surface area contributed by atoms with Crippen molar-refractivity contribution < 1.29 is 50.2 Å². The molecule has 14 heteroatoms. The number of carboxylic acid groups (broad SMARTS) is 2. The molecule has 1 unspecified atom stereocenters. The van der Waals surface area contributed by atoms with Gasteiger partial charge in [0.1, 0.15) is 16.5 Å². The van der Waals surface area contributed by atoms with Gasteiger partial charge in [-0.1, -0.05) is 6.92 Å². The molecule has 1 saturated heterocycles. The summed E-state index contributed by atoms with van der Waals surface area (Å²) in [4.78, 5) is 21.3. The molecular formula is C21H21F5N2O6S. The number of anilines is 2. The number of aromatic carboxylic acids is 1. The number of hydrogen-bond donors (Lipinski definition) is 3. The highest BCUT2D eigenvalue weighted by Crippen LogP contribution is 2.33. The molecule has 0 spiro atoms. The molecule has 3 rings (SSSR count). The maximum Gasteiger partial charge on any atom is 0.490 e. The topological polar surface area (TPSA) is 124 Å². The van der Waals surface area contributed by atoms with E-state index in [0.29, 0.717) is 30.8 Å². The van der Waals surface area contributed by atoms with E-state index in [-0.39, 0.29) is 11.3 Å². The average Bonchev–Trinajstić information content (AvgIpc) is 2.74. The highest BCUT2D eigenvalue weighted by atomic mass is 32.2. The van der Waals surface area contributed by atoms with Crippen LogP contribution in [0.3, 0.4) is 0 Å². The SMILES string of the molecule is CC1CCCN(c2ccc(C(=O)O)cc2NS(=O)(=O)c2cc(F)ccc2F)C1.O=C(O)C(F)(F)F. The number of halogens is 5. The first-order chi connectivity index (χ1) is 16.1. The zero-order valence-electron chi connectivity index (χ0n) is 18.1. The minimum atomic E-state index is -5.08. The second-order valence-corrected chi connectivity index (χ2v) is 9.36. The van der Waals surface area contributed by atoms with Gasteiger partial charge in [-0.2, -0.15) is 13.2 Å². The fourth-order valence-corrected chi connectivity index (χ4v) is 4.47. The second kappa shape index (κ2) is 10.9. The number of carbonyl (C=O) groups is 2. The highest BCUT2D eigenvalue weighted by Gasteiger charge is 2.38. The summed E-state index contributed by atoms with van der Waals surface area (Å²) in [6.07, 6.45) is -3.13. The van der Waals surface area contributed by atoms with Gasteiger partial charge < -0.3 is 15.1 Å². The number of nitrogens with one attached hydrogen (secondary N) is 1. The van der Waals surface area contributed by atoms with Gasteiger partial charge in [0, 0.05) is 13.1 Å². The van der Waals surface area contributed by atoms with E-state index in [9.17, 15) is 40.3 Å². The number of sulfonamides is 1. The summed E-state index contributed by atoms with van der Waals surface area (Å²) < 4.78 is 86.8. The Morgan fingerprint density at radius 3 is 2.26 bits per heavy atom. The average molecular weight is 524 g/mol. The summed E-state index contributed by atoms with van der Waals surface area (Å²) in [6, 6.07) is 6.23. The molecule has 35 heavy (non-hydrogen) atoms. The molecule has 1 aliphatic heterocycles. The van der Waals surface area contributed by atoms with Gasteiger partial charge in [-0.25, -0.2) is 26.8 Å². The monoisotopic (exact) mass is 524 g/mol. The quantitative estimate of drug-likeness (QED) is 0.498. The van der Waals surface area contributed by atoms with Crippen molar-refractivity contribution in [3.8, 4) is 0 Å². The molecule has 2 aromatic carbocycles. The normalized spacial score (nSPS) is 16.2. The second-order valence-electron chi connectivity index (χ2n) is 7.71. The van der Waals surface area contributed by atoms with E-state index in [4.69, 9.17) is 9.90 Å². The van der Waals surface area contributed by atoms with Gasteiger partial charge in [0.25, 0.3) is 10.0 Å². The van der Waals surface area contributed by atoms with E-state index in [1.807, 2.05) is 4.90 Å². The lowest BCUT2D eigenvalue weighted by Crippen LogP contribution is -2.35. The van der Waals surface area contributed by atoms with E-state index in [2.05, 4.69) is 11.6 Å². The lowest BCUT2D eigenvalue weighted by Gasteiger charge is -2.34. The Kier molecular flexibility index (Phi) is 8.65. The number of rotatable bonds is 5. The van der Waals surface area contributed by atoms with Crippen molar-refractivity contribution in [2.45, 2.75) is 30.8 Å². The Morgan fingerprint density at radius 1 is 1.09 bits per heavy atom. The van der Waals surface area contributed by atoms with Crippen LogP contribution in [0.15, 0.2) is 41.3 Å². The van der Waals surface area contributed by atoms with Gasteiger partial charge >= 0.3 is 18.1 Å². The van der Waals surface area contributed by atoms with Crippen LogP contribution in [0.1, 0.15) is 30.1 Å². The Morgan fingerprint density at radius 2 is 1.71 bits per heavy atom. The van der Waals surface area contributed by atoms with Crippen molar-refractivity contribution in [2.75, 3.05) is 22.7 Å². The molecule has 0 amide bonds. The molecule has 0 radical (unpaired) electrons. The predicted molar refractivity (Wildman–Crippen MR) is 115 cm³/mol. The van der Waals surface area contributed by atoms with Crippen molar-refractivity contribution in [3.05, 3.63) is 53.6 Å². The van der Waals surface area contributed by atoms with Crippen LogP contribution in [0.2, 0.25) is 0 Å². The van der Waals surface area contributed by atoms with E-state index >= 15 is 0 Å². The third kappa shape index (κ3) is 7.53. The number of benzene rings is 2. The first kappa shape index (κ1) is 27.8. The van der Waals surface area contributed by atoms with Crippen LogP contribution < -0.4 is 9.62 Å². The third-order valence-electron chi connectivity index (χ3n) is 4.91. The van der Waals surface area contributed by atoms with Gasteiger partial charge in [0.2, 0.25) is 0 Å². The summed E-state index contributed by atoms with van der Waals surface area (Å²) in [5.41, 5.74) is 0.390. The highest BCUT2D eigenvalue weighted by molar-refractivity contribution is 7.92. The molecule has 1 atom stereocenters. The summed E-state index contributed by atoms with van der Waals surface area (Å²) in [5, 5.41) is 16.4. The third-order valence-corrected chi connectivity index (χ3v) is 6.29. The molecule has 1 heterocycles. The minimum absolute atomic E-state index is 0.0117. The molecule has 1 aliphatic rings. The van der Waals surface area contributed by atoms with Crippen molar-refractivity contribution in [2.24, 2.45) is 5.92 Å². The smallest absolute Gasteiger partial charge is 0.478 e. The van der Waals surface area contributed by atoms with Gasteiger partial charge in [-0.05, 0) is 55.2 Å². The molecule has 0 aromatic heterocycles. The van der Waals surface area contributed by atoms with Crippen molar-refractivity contribution >= 4 is 33.3 Å². The maximum atomic E-state index is 14.0. The van der Waals surface area contributed by atoms with E-state index in [1.54, 1.807) is 0 Å². The van der Waals surface area contributed by atoms with E-state index in [0.717, 1.165) is 25.0 Å². The van der Waals surface area contributed by atoms with Crippen molar-refractivity contribution in [1.29, 1.82) is 0 Å². The lowest BCUT2D eigenvalue weighted by molar-refractivity contribution is -0.192. The van der Waals surface area contributed by atoms with Gasteiger partial charge in [0.05, 0.1) is 16.9 Å². The summed E-state index contributed by atoms with van der Waals surface area (Å²) in [6.45, 7) is 3.43. The molecule has 0 bridgehead atoms. The fraction of sp³-hybridized carbons (Fsp3) is 0.333. The van der Waals surface area contributed by atoms with Crippen molar-refractivity contribution in [3.63, 3.8) is 0 Å². The Balaban J connectivity index is 0.000000540. The van der Waals surface area contributed by atoms with Gasteiger partial charge in [-0.15, -0.1) is 0 Å². The molecule has 3 N–H and O–H groups in total. The van der Waals surface area contributed by atoms with Crippen LogP contribution in [-0.4, -0.2) is 49.8 Å². The first-order valence-corrected chi connectivity index (χ1v) is 11.5. The number of piperidine rings is 1. The van der Waals surface area contributed by atoms with Crippen LogP contribution in [0.4, 0.5) is 33.3 Å². The zero-order chi connectivity index (χ0) is 26.6. The van der Waals surface area contributed by atoms with E-state index in [1.165, 1.54) is 18.2 Å². The number of aliphatic carboxylic acids is 1. The summed E-state index contributed by atoms with van der Waals surface area (Å²) in [7, 11) is -4.47. The van der Waals surface area contributed by atoms with Crippen LogP contribution in [0, 0.1) is 17.6 Å². The number of hydrogen-bond acceptors (Lipinski definition) is 5. The zero-order valence-corrected chi connectivity index (χ0v) is 19.0. The van der Waals surface area contributed by atoms with Crippen LogP contribution in [0.5, 0.6) is 0 Å². The number of nitrogens with zero attached hydrogens (tertiary/aromatic N) is 1. The fourth-order valence-electron chi connectivity index (χ4n) is 3.32. The van der Waals surface area contributed by atoms with Crippen molar-refractivity contribution in [1.82, 2.24) is 0 Å².